The molecule has 2 aromatic carbocycles. The molecule has 52 heavy (non-hydrogen) atoms. The average Bonchev–Trinajstić information content (AvgIpc) is 3.12. The molecule has 18 heteroatoms. The molecule has 0 N–H and O–H groups in total. The number of ether oxygens (including phenoxy) is 1. The Morgan fingerprint density at radius 1 is 0.596 bits per heavy atom. The standard InChI is InChI=1S/C19H23FN4O4S.C15H16FN3O2S.ClH/c1-19(2,3)28-18(25)24-10-8-23(9-11-24)17-21-12-16(13-22-17)29(26,27)15-6-4-14(20)5-7-15;16-12-4-6-13(7-5-12)22(20,21)14-10-17-15(18-11-14)19-8-2-1-3-9-19;/h4-7,12-13H,8-11H2,1-3H3;4-7,10-11H,1-3,8-9H2;1H. The first-order valence-corrected chi connectivity index (χ1v) is 19.2. The molecule has 0 bridgehead atoms. The third-order valence-corrected chi connectivity index (χ3v) is 11.4. The van der Waals surface area contributed by atoms with Gasteiger partial charge in [0.15, 0.2) is 0 Å². The Hall–Kier alpha value is -4.48. The van der Waals surface area contributed by atoms with Crippen molar-refractivity contribution in [1.29, 1.82) is 0 Å². The van der Waals surface area contributed by atoms with Crippen LogP contribution in [0.5, 0.6) is 0 Å². The molecule has 0 radical (unpaired) electrons. The van der Waals surface area contributed by atoms with Crippen molar-refractivity contribution in [3.8, 4) is 0 Å². The second-order valence-corrected chi connectivity index (χ2v) is 16.8. The summed E-state index contributed by atoms with van der Waals surface area (Å²) >= 11 is 0. The van der Waals surface area contributed by atoms with Gasteiger partial charge in [-0.2, -0.15) is 0 Å². The van der Waals surface area contributed by atoms with Crippen molar-refractivity contribution in [1.82, 2.24) is 24.8 Å². The van der Waals surface area contributed by atoms with Crippen LogP contribution in [0.4, 0.5) is 25.5 Å². The third-order valence-electron chi connectivity index (χ3n) is 7.95. The number of hydrogen-bond acceptors (Lipinski definition) is 12. The molecular weight excluding hydrogens is 740 g/mol. The maximum Gasteiger partial charge on any atom is 0.410 e. The van der Waals surface area contributed by atoms with Gasteiger partial charge in [0.05, 0.1) is 34.6 Å². The average molecular weight is 780 g/mol. The maximum absolute atomic E-state index is 13.0. The smallest absolute Gasteiger partial charge is 0.410 e. The minimum atomic E-state index is -3.82. The monoisotopic (exact) mass is 779 g/mol. The van der Waals surface area contributed by atoms with Gasteiger partial charge in [-0.25, -0.2) is 50.3 Å². The van der Waals surface area contributed by atoms with Crippen LogP contribution in [0.3, 0.4) is 0 Å². The number of piperazine rings is 1. The Morgan fingerprint density at radius 2 is 0.962 bits per heavy atom. The Kier molecular flexibility index (Phi) is 13.1. The van der Waals surface area contributed by atoms with E-state index in [-0.39, 0.29) is 38.1 Å². The van der Waals surface area contributed by atoms with Gasteiger partial charge in [0.2, 0.25) is 31.6 Å². The molecule has 0 spiro atoms. The number of halogens is 3. The van der Waals surface area contributed by atoms with E-state index in [1.165, 1.54) is 55.5 Å². The predicted molar refractivity (Wildman–Crippen MR) is 191 cm³/mol. The molecule has 0 atom stereocenters. The number of anilines is 2. The number of rotatable bonds is 6. The molecule has 0 saturated carbocycles. The van der Waals surface area contributed by atoms with E-state index in [1.54, 1.807) is 4.90 Å². The third kappa shape index (κ3) is 10.1. The molecule has 2 aliphatic heterocycles. The van der Waals surface area contributed by atoms with Crippen molar-refractivity contribution in [2.45, 2.75) is 65.2 Å². The molecule has 0 unspecified atom stereocenters. The molecule has 4 heterocycles. The first-order valence-electron chi connectivity index (χ1n) is 16.3. The number of hydrogen-bond donors (Lipinski definition) is 0. The second-order valence-electron chi connectivity index (χ2n) is 12.9. The van der Waals surface area contributed by atoms with Crippen LogP contribution in [0, 0.1) is 11.6 Å². The summed E-state index contributed by atoms with van der Waals surface area (Å²) in [6.07, 6.45) is 8.14. The van der Waals surface area contributed by atoms with Gasteiger partial charge >= 0.3 is 6.09 Å². The molecular formula is C34H40ClF2N7O6S2. The van der Waals surface area contributed by atoms with Crippen molar-refractivity contribution in [2.24, 2.45) is 0 Å². The zero-order valence-electron chi connectivity index (χ0n) is 28.9. The van der Waals surface area contributed by atoms with E-state index in [1.807, 2.05) is 25.7 Å². The summed E-state index contributed by atoms with van der Waals surface area (Å²) in [6.45, 7) is 9.14. The molecule has 4 aromatic rings. The highest BCUT2D eigenvalue weighted by Crippen LogP contribution is 2.23. The lowest BCUT2D eigenvalue weighted by Crippen LogP contribution is -2.50. The normalized spacial score (nSPS) is 15.2. The van der Waals surface area contributed by atoms with E-state index >= 15 is 0 Å². The Labute approximate surface area is 308 Å². The van der Waals surface area contributed by atoms with Crippen molar-refractivity contribution in [2.75, 3.05) is 49.1 Å². The first kappa shape index (κ1) is 40.3. The lowest BCUT2D eigenvalue weighted by atomic mass is 10.1. The number of aromatic nitrogens is 4. The van der Waals surface area contributed by atoms with E-state index in [4.69, 9.17) is 4.74 Å². The Balaban J connectivity index is 0.000000236. The molecule has 2 fully saturated rings. The highest BCUT2D eigenvalue weighted by molar-refractivity contribution is 7.91. The van der Waals surface area contributed by atoms with Gasteiger partial charge in [-0.3, -0.25) is 0 Å². The van der Waals surface area contributed by atoms with Crippen LogP contribution in [0.15, 0.2) is 92.9 Å². The highest BCUT2D eigenvalue weighted by Gasteiger charge is 2.27. The number of carbonyl (C=O) groups is 1. The van der Waals surface area contributed by atoms with Crippen LogP contribution in [0.2, 0.25) is 0 Å². The van der Waals surface area contributed by atoms with Crippen LogP contribution >= 0.6 is 12.4 Å². The fraction of sp³-hybridized carbons (Fsp3) is 0.382. The van der Waals surface area contributed by atoms with Crippen molar-refractivity contribution >= 4 is 50.1 Å². The van der Waals surface area contributed by atoms with Crippen LogP contribution in [-0.2, 0) is 24.4 Å². The summed E-state index contributed by atoms with van der Waals surface area (Å²) in [4.78, 5) is 34.3. The summed E-state index contributed by atoms with van der Waals surface area (Å²) in [5.74, 6) is -0.0543. The largest absolute Gasteiger partial charge is 0.444 e. The van der Waals surface area contributed by atoms with Crippen molar-refractivity contribution < 1.29 is 35.1 Å². The summed E-state index contributed by atoms with van der Waals surface area (Å²) in [5.41, 5.74) is -0.552. The second kappa shape index (κ2) is 16.9. The van der Waals surface area contributed by atoms with Gasteiger partial charge in [-0.15, -0.1) is 12.4 Å². The zero-order chi connectivity index (χ0) is 36.8. The fourth-order valence-corrected chi connectivity index (χ4v) is 7.53. The van der Waals surface area contributed by atoms with Gasteiger partial charge in [0, 0.05) is 39.3 Å². The van der Waals surface area contributed by atoms with E-state index in [9.17, 15) is 30.4 Å². The highest BCUT2D eigenvalue weighted by atomic mass is 35.5. The van der Waals surface area contributed by atoms with Gasteiger partial charge < -0.3 is 19.4 Å². The van der Waals surface area contributed by atoms with Gasteiger partial charge in [0.1, 0.15) is 27.0 Å². The topological polar surface area (TPSA) is 156 Å². The van der Waals surface area contributed by atoms with Crippen LogP contribution in [-0.4, -0.2) is 92.6 Å². The number of benzene rings is 2. The van der Waals surface area contributed by atoms with E-state index < -0.39 is 36.9 Å². The number of carbonyl (C=O) groups excluding carboxylic acids is 1. The molecule has 2 aliphatic rings. The first-order chi connectivity index (χ1) is 24.1. The van der Waals surface area contributed by atoms with Crippen molar-refractivity contribution in [3.05, 3.63) is 85.0 Å². The minimum Gasteiger partial charge on any atom is -0.444 e. The molecule has 2 aromatic heterocycles. The molecule has 0 aliphatic carbocycles. The minimum absolute atomic E-state index is 0. The van der Waals surface area contributed by atoms with E-state index in [0.717, 1.165) is 50.2 Å². The van der Waals surface area contributed by atoms with Crippen molar-refractivity contribution in [3.63, 3.8) is 0 Å². The van der Waals surface area contributed by atoms with Crippen LogP contribution in [0.25, 0.3) is 0 Å². The van der Waals surface area contributed by atoms with Gasteiger partial charge in [0.25, 0.3) is 0 Å². The Bertz CT molecular complexity index is 2010. The van der Waals surface area contributed by atoms with E-state index in [2.05, 4.69) is 24.8 Å². The molecule has 6 rings (SSSR count). The zero-order valence-corrected chi connectivity index (χ0v) is 31.3. The fourth-order valence-electron chi connectivity index (χ4n) is 5.23. The summed E-state index contributed by atoms with van der Waals surface area (Å²) in [7, 11) is -7.53. The molecule has 1 amide bonds. The van der Waals surface area contributed by atoms with Crippen LogP contribution < -0.4 is 9.80 Å². The number of sulfone groups is 2. The quantitative estimate of drug-likeness (QED) is 0.231. The number of amides is 1. The lowest BCUT2D eigenvalue weighted by molar-refractivity contribution is 0.0240. The lowest BCUT2D eigenvalue weighted by Gasteiger charge is -2.35. The summed E-state index contributed by atoms with van der Waals surface area (Å²) < 4.78 is 81.3. The van der Waals surface area contributed by atoms with Crippen LogP contribution in [0.1, 0.15) is 40.0 Å². The predicted octanol–water partition coefficient (Wildman–Crippen LogP) is 5.37. The Morgan fingerprint density at radius 3 is 1.33 bits per heavy atom. The molecule has 280 valence electrons. The number of piperidine rings is 1. The number of nitrogens with zero attached hydrogens (tertiary/aromatic N) is 7. The SMILES string of the molecule is CC(C)(C)OC(=O)N1CCN(c2ncc(S(=O)(=O)c3ccc(F)cc3)cn2)CC1.Cl.O=S(=O)(c1ccc(F)cc1)c1cnc(N2CCCCC2)nc1. The maximum atomic E-state index is 13.0. The van der Waals surface area contributed by atoms with Gasteiger partial charge in [-0.05, 0) is 88.6 Å². The van der Waals surface area contributed by atoms with E-state index in [0.29, 0.717) is 38.1 Å². The molecule has 2 saturated heterocycles. The summed E-state index contributed by atoms with van der Waals surface area (Å²) in [6, 6.07) is 9.31. The summed E-state index contributed by atoms with van der Waals surface area (Å²) in [5, 5.41) is 0. The van der Waals surface area contributed by atoms with Gasteiger partial charge in [-0.1, -0.05) is 0 Å². The molecule has 13 nitrogen and oxygen atoms in total.